The van der Waals surface area contributed by atoms with Gasteiger partial charge in [-0.1, -0.05) is 12.1 Å². The number of rotatable bonds is 5. The van der Waals surface area contributed by atoms with Gasteiger partial charge < -0.3 is 4.90 Å². The summed E-state index contributed by atoms with van der Waals surface area (Å²) in [5.74, 6) is -0.398. The fourth-order valence-electron chi connectivity index (χ4n) is 2.20. The number of sulfonamides is 1. The highest BCUT2D eigenvalue weighted by Gasteiger charge is 2.32. The van der Waals surface area contributed by atoms with Crippen molar-refractivity contribution in [1.82, 2.24) is 9.62 Å². The summed E-state index contributed by atoms with van der Waals surface area (Å²) < 4.78 is 37.0. The Morgan fingerprint density at radius 2 is 2.05 bits per heavy atom. The molecule has 1 N–H and O–H groups in total. The van der Waals surface area contributed by atoms with Gasteiger partial charge in [0.15, 0.2) is 0 Å². The molecule has 1 amide bonds. The number of nitrogens with zero attached hydrogens (tertiary/aromatic N) is 1. The maximum absolute atomic E-state index is 12.9. The number of hydrogen-bond acceptors (Lipinski definition) is 3. The molecule has 1 aliphatic heterocycles. The molecule has 1 fully saturated rings. The van der Waals surface area contributed by atoms with Crippen LogP contribution in [0, 0.1) is 5.82 Å². The number of halogens is 1. The van der Waals surface area contributed by atoms with E-state index in [1.807, 2.05) is 0 Å². The minimum atomic E-state index is -3.27. The van der Waals surface area contributed by atoms with E-state index in [9.17, 15) is 17.6 Å². The van der Waals surface area contributed by atoms with Gasteiger partial charge >= 0.3 is 0 Å². The molecule has 1 aliphatic rings. The lowest BCUT2D eigenvalue weighted by atomic mass is 9.94. The van der Waals surface area contributed by atoms with Crippen molar-refractivity contribution in [3.8, 4) is 0 Å². The molecule has 1 saturated heterocycles. The van der Waals surface area contributed by atoms with E-state index in [2.05, 4.69) is 4.72 Å². The predicted octanol–water partition coefficient (Wildman–Crippen LogP) is 1.04. The van der Waals surface area contributed by atoms with E-state index >= 15 is 0 Å². The van der Waals surface area contributed by atoms with Gasteiger partial charge in [0.2, 0.25) is 15.9 Å². The maximum Gasteiger partial charge on any atom is 0.224 e. The Kier molecular flexibility index (Phi) is 4.39. The molecule has 1 atom stereocenters. The fraction of sp³-hybridized carbons (Fsp3) is 0.462. The molecule has 110 valence electrons. The number of amides is 1. The molecule has 20 heavy (non-hydrogen) atoms. The molecule has 1 aromatic rings. The van der Waals surface area contributed by atoms with Gasteiger partial charge in [0, 0.05) is 19.5 Å². The molecular weight excluding hydrogens is 283 g/mol. The van der Waals surface area contributed by atoms with Gasteiger partial charge in [-0.3, -0.25) is 4.79 Å². The minimum Gasteiger partial charge on any atom is -0.335 e. The van der Waals surface area contributed by atoms with Gasteiger partial charge in [-0.15, -0.1) is 0 Å². The Bertz CT molecular complexity index is 586. The summed E-state index contributed by atoms with van der Waals surface area (Å²) in [6.07, 6.45) is 2.03. The summed E-state index contributed by atoms with van der Waals surface area (Å²) in [4.78, 5) is 13.7. The van der Waals surface area contributed by atoms with Crippen molar-refractivity contribution in [2.45, 2.75) is 18.9 Å². The van der Waals surface area contributed by atoms with Crippen LogP contribution >= 0.6 is 0 Å². The lowest BCUT2D eigenvalue weighted by Gasteiger charge is -2.41. The molecular formula is C13H17FN2O3S. The van der Waals surface area contributed by atoms with Crippen LogP contribution in [0.1, 0.15) is 24.4 Å². The quantitative estimate of drug-likeness (QED) is 0.883. The maximum atomic E-state index is 12.9. The highest BCUT2D eigenvalue weighted by Crippen LogP contribution is 2.33. The highest BCUT2D eigenvalue weighted by atomic mass is 32.2. The van der Waals surface area contributed by atoms with Crippen LogP contribution in [0.2, 0.25) is 0 Å². The predicted molar refractivity (Wildman–Crippen MR) is 72.9 cm³/mol. The first-order valence-corrected chi connectivity index (χ1v) is 8.25. The van der Waals surface area contributed by atoms with E-state index in [0.717, 1.165) is 18.2 Å². The number of benzene rings is 1. The van der Waals surface area contributed by atoms with E-state index in [4.69, 9.17) is 0 Å². The molecule has 0 unspecified atom stereocenters. The van der Waals surface area contributed by atoms with Gasteiger partial charge in [-0.05, 0) is 24.1 Å². The SMILES string of the molecule is CS(=O)(=O)NCCC(=O)N1CC[C@H]1c1ccc(F)cc1. The van der Waals surface area contributed by atoms with Gasteiger partial charge in [0.25, 0.3) is 0 Å². The zero-order chi connectivity index (χ0) is 14.8. The molecule has 0 radical (unpaired) electrons. The van der Waals surface area contributed by atoms with Crippen LogP contribution in [0.15, 0.2) is 24.3 Å². The van der Waals surface area contributed by atoms with Crippen LogP contribution in [0.3, 0.4) is 0 Å². The second-order valence-corrected chi connectivity index (χ2v) is 6.69. The Balaban J connectivity index is 1.89. The van der Waals surface area contributed by atoms with Crippen LogP contribution in [0.4, 0.5) is 4.39 Å². The molecule has 5 nitrogen and oxygen atoms in total. The molecule has 7 heteroatoms. The van der Waals surface area contributed by atoms with Crippen molar-refractivity contribution in [3.63, 3.8) is 0 Å². The van der Waals surface area contributed by atoms with E-state index in [-0.39, 0.29) is 30.7 Å². The van der Waals surface area contributed by atoms with Crippen molar-refractivity contribution < 1.29 is 17.6 Å². The zero-order valence-electron chi connectivity index (χ0n) is 11.2. The minimum absolute atomic E-state index is 0.0265. The van der Waals surface area contributed by atoms with Gasteiger partial charge in [0.05, 0.1) is 12.3 Å². The normalized spacial score (nSPS) is 18.7. The van der Waals surface area contributed by atoms with Crippen molar-refractivity contribution in [1.29, 1.82) is 0 Å². The van der Waals surface area contributed by atoms with Crippen molar-refractivity contribution in [2.75, 3.05) is 19.3 Å². The number of likely N-dealkylation sites (tertiary alicyclic amines) is 1. The topological polar surface area (TPSA) is 66.5 Å². The molecule has 0 aliphatic carbocycles. The first-order chi connectivity index (χ1) is 9.37. The summed E-state index contributed by atoms with van der Waals surface area (Å²) in [6, 6.07) is 6.08. The van der Waals surface area contributed by atoms with Gasteiger partial charge in [-0.2, -0.15) is 0 Å². The van der Waals surface area contributed by atoms with Crippen LogP contribution in [0.25, 0.3) is 0 Å². The molecule has 0 spiro atoms. The van der Waals surface area contributed by atoms with Crippen molar-refractivity contribution in [2.24, 2.45) is 0 Å². The largest absolute Gasteiger partial charge is 0.335 e. The Morgan fingerprint density at radius 1 is 1.40 bits per heavy atom. The first-order valence-electron chi connectivity index (χ1n) is 6.36. The second kappa shape index (κ2) is 5.88. The Labute approximate surface area is 117 Å². The number of nitrogens with one attached hydrogen (secondary N) is 1. The third kappa shape index (κ3) is 3.77. The third-order valence-corrected chi connectivity index (χ3v) is 4.03. The van der Waals surface area contributed by atoms with Crippen molar-refractivity contribution in [3.05, 3.63) is 35.6 Å². The summed E-state index contributed by atoms with van der Waals surface area (Å²) in [6.45, 7) is 0.754. The first kappa shape index (κ1) is 14.9. The van der Waals surface area contributed by atoms with Gasteiger partial charge in [-0.25, -0.2) is 17.5 Å². The molecule has 1 aromatic carbocycles. The number of hydrogen-bond donors (Lipinski definition) is 1. The number of carbonyl (C=O) groups is 1. The van der Waals surface area contributed by atoms with Crippen LogP contribution in [-0.2, 0) is 14.8 Å². The average Bonchev–Trinajstić information content (AvgIpc) is 2.29. The molecule has 2 rings (SSSR count). The van der Waals surface area contributed by atoms with Crippen LogP contribution in [-0.4, -0.2) is 38.6 Å². The lowest BCUT2D eigenvalue weighted by molar-refractivity contribution is -0.139. The van der Waals surface area contributed by atoms with Crippen LogP contribution in [0.5, 0.6) is 0 Å². The fourth-order valence-corrected chi connectivity index (χ4v) is 2.68. The van der Waals surface area contributed by atoms with E-state index < -0.39 is 10.0 Å². The molecule has 0 saturated carbocycles. The summed E-state index contributed by atoms with van der Waals surface area (Å²) in [5.41, 5.74) is 0.905. The molecule has 0 aromatic heterocycles. The summed E-state index contributed by atoms with van der Waals surface area (Å²) in [5, 5.41) is 0. The highest BCUT2D eigenvalue weighted by molar-refractivity contribution is 7.88. The zero-order valence-corrected chi connectivity index (χ0v) is 12.0. The smallest absolute Gasteiger partial charge is 0.224 e. The lowest BCUT2D eigenvalue weighted by Crippen LogP contribution is -2.46. The Morgan fingerprint density at radius 3 is 2.55 bits per heavy atom. The van der Waals surface area contributed by atoms with E-state index in [1.54, 1.807) is 17.0 Å². The summed E-state index contributed by atoms with van der Waals surface area (Å²) >= 11 is 0. The molecule has 1 heterocycles. The monoisotopic (exact) mass is 300 g/mol. The van der Waals surface area contributed by atoms with E-state index in [1.165, 1.54) is 12.1 Å². The van der Waals surface area contributed by atoms with Gasteiger partial charge in [0.1, 0.15) is 5.82 Å². The number of carbonyl (C=O) groups excluding carboxylic acids is 1. The van der Waals surface area contributed by atoms with Crippen LogP contribution < -0.4 is 4.72 Å². The third-order valence-electron chi connectivity index (χ3n) is 3.30. The standard InChI is InChI=1S/C13H17FN2O3S/c1-20(18,19)15-8-6-13(17)16-9-7-12(16)10-2-4-11(14)5-3-10/h2-5,12,15H,6-9H2,1H3/t12-/m0/s1. The summed E-state index contributed by atoms with van der Waals surface area (Å²) in [7, 11) is -3.27. The second-order valence-electron chi connectivity index (χ2n) is 4.86. The molecule has 0 bridgehead atoms. The average molecular weight is 300 g/mol. The Hall–Kier alpha value is -1.47. The van der Waals surface area contributed by atoms with E-state index in [0.29, 0.717) is 6.54 Å². The van der Waals surface area contributed by atoms with Crippen molar-refractivity contribution >= 4 is 15.9 Å².